The lowest BCUT2D eigenvalue weighted by molar-refractivity contribution is 0.342. The normalized spacial score (nSPS) is 31.9. The van der Waals surface area contributed by atoms with Crippen molar-refractivity contribution in [3.05, 3.63) is 0 Å². The van der Waals surface area contributed by atoms with E-state index in [1.807, 2.05) is 25.6 Å². The number of halogens is 1. The van der Waals surface area contributed by atoms with Gasteiger partial charge in [0.15, 0.2) is 0 Å². The molecule has 13 heavy (non-hydrogen) atoms. The van der Waals surface area contributed by atoms with Crippen LogP contribution in [-0.4, -0.2) is 41.5 Å². The van der Waals surface area contributed by atoms with E-state index in [1.165, 1.54) is 4.31 Å². The maximum Gasteiger partial charge on any atom is 0.228 e. The van der Waals surface area contributed by atoms with Crippen molar-refractivity contribution >= 4 is 33.4 Å². The number of alkyl halides is 1. The molecule has 3 nitrogen and oxygen atoms in total. The van der Waals surface area contributed by atoms with Crippen LogP contribution in [0.5, 0.6) is 0 Å². The highest BCUT2D eigenvalue weighted by Gasteiger charge is 2.32. The molecule has 0 radical (unpaired) electrons. The standard InChI is InChI=1S/C7H14ClNO2S2/c1-6-7(2)12-4-3-9(6)13(10,11)5-8/h6-7H,3-5H2,1-2H3. The van der Waals surface area contributed by atoms with Gasteiger partial charge in [-0.2, -0.15) is 16.1 Å². The Hall–Kier alpha value is 0.550. The molecule has 0 spiro atoms. The van der Waals surface area contributed by atoms with Crippen LogP contribution < -0.4 is 0 Å². The van der Waals surface area contributed by atoms with Gasteiger partial charge in [-0.05, 0) is 6.92 Å². The molecule has 0 aromatic heterocycles. The van der Waals surface area contributed by atoms with Crippen molar-refractivity contribution in [2.45, 2.75) is 25.1 Å². The van der Waals surface area contributed by atoms with Gasteiger partial charge in [0.25, 0.3) is 0 Å². The Labute approximate surface area is 88.9 Å². The zero-order valence-corrected chi connectivity index (χ0v) is 10.1. The van der Waals surface area contributed by atoms with Crippen LogP contribution in [0.4, 0.5) is 0 Å². The summed E-state index contributed by atoms with van der Waals surface area (Å²) in [5.41, 5.74) is 0. The van der Waals surface area contributed by atoms with Crippen LogP contribution in [0.1, 0.15) is 13.8 Å². The van der Waals surface area contributed by atoms with Crippen LogP contribution in [0.25, 0.3) is 0 Å². The Kier molecular flexibility index (Phi) is 3.92. The number of thioether (sulfide) groups is 1. The van der Waals surface area contributed by atoms with Crippen LogP contribution in [0.3, 0.4) is 0 Å². The molecule has 1 aliphatic rings. The molecule has 1 heterocycles. The fraction of sp³-hybridized carbons (Fsp3) is 1.00. The van der Waals surface area contributed by atoms with Gasteiger partial charge in [0.1, 0.15) is 5.21 Å². The molecule has 0 amide bonds. The molecule has 2 unspecified atom stereocenters. The summed E-state index contributed by atoms with van der Waals surface area (Å²) in [6.45, 7) is 4.57. The Bertz CT molecular complexity index is 268. The van der Waals surface area contributed by atoms with Crippen molar-refractivity contribution in [2.24, 2.45) is 0 Å². The monoisotopic (exact) mass is 243 g/mol. The topological polar surface area (TPSA) is 37.4 Å². The molecule has 1 fully saturated rings. The Morgan fingerprint density at radius 2 is 2.15 bits per heavy atom. The molecule has 78 valence electrons. The second-order valence-corrected chi connectivity index (χ2v) is 7.14. The minimum atomic E-state index is -3.22. The summed E-state index contributed by atoms with van der Waals surface area (Å²) in [4.78, 5) is 0. The van der Waals surface area contributed by atoms with Crippen LogP contribution >= 0.6 is 23.4 Å². The third-order valence-corrected chi connectivity index (χ3v) is 5.99. The molecular formula is C7H14ClNO2S2. The molecular weight excluding hydrogens is 230 g/mol. The van der Waals surface area contributed by atoms with Gasteiger partial charge < -0.3 is 0 Å². The highest BCUT2D eigenvalue weighted by molar-refractivity contribution is 8.00. The second-order valence-electron chi connectivity index (χ2n) is 3.15. The van der Waals surface area contributed by atoms with E-state index in [4.69, 9.17) is 11.6 Å². The molecule has 1 saturated heterocycles. The number of rotatable bonds is 2. The Morgan fingerprint density at radius 1 is 1.54 bits per heavy atom. The summed E-state index contributed by atoms with van der Waals surface area (Å²) in [6.07, 6.45) is 0. The maximum atomic E-state index is 11.5. The van der Waals surface area contributed by atoms with Crippen molar-refractivity contribution in [3.8, 4) is 0 Å². The van der Waals surface area contributed by atoms with E-state index in [-0.39, 0.29) is 11.3 Å². The average Bonchev–Trinajstić information content (AvgIpc) is 2.09. The highest BCUT2D eigenvalue weighted by Crippen LogP contribution is 2.26. The summed E-state index contributed by atoms with van der Waals surface area (Å²) in [5.74, 6) is 0.863. The maximum absolute atomic E-state index is 11.5. The van der Waals surface area contributed by atoms with E-state index in [9.17, 15) is 8.42 Å². The molecule has 2 atom stereocenters. The zero-order chi connectivity index (χ0) is 10.1. The molecule has 0 N–H and O–H groups in total. The summed E-state index contributed by atoms with van der Waals surface area (Å²) in [7, 11) is -3.22. The first kappa shape index (κ1) is 11.6. The number of hydrogen-bond acceptors (Lipinski definition) is 3. The third-order valence-electron chi connectivity index (χ3n) is 2.32. The van der Waals surface area contributed by atoms with Gasteiger partial charge in [-0.3, -0.25) is 0 Å². The van der Waals surface area contributed by atoms with E-state index in [1.54, 1.807) is 0 Å². The van der Waals surface area contributed by atoms with E-state index < -0.39 is 10.0 Å². The predicted octanol–water partition coefficient (Wildman–Crippen LogP) is 1.34. The van der Waals surface area contributed by atoms with Gasteiger partial charge in [-0.1, -0.05) is 6.92 Å². The summed E-state index contributed by atoms with van der Waals surface area (Å²) < 4.78 is 24.5. The fourth-order valence-electron chi connectivity index (χ4n) is 1.36. The van der Waals surface area contributed by atoms with E-state index in [0.29, 0.717) is 11.8 Å². The van der Waals surface area contributed by atoms with E-state index >= 15 is 0 Å². The van der Waals surface area contributed by atoms with Gasteiger partial charge in [0, 0.05) is 23.6 Å². The molecule has 0 saturated carbocycles. The van der Waals surface area contributed by atoms with E-state index in [0.717, 1.165) is 5.75 Å². The highest BCUT2D eigenvalue weighted by atomic mass is 35.5. The van der Waals surface area contributed by atoms with Gasteiger partial charge in [-0.15, -0.1) is 11.6 Å². The molecule has 0 aromatic rings. The van der Waals surface area contributed by atoms with Crippen LogP contribution in [-0.2, 0) is 10.0 Å². The lowest BCUT2D eigenvalue weighted by atomic mass is 10.2. The first-order valence-electron chi connectivity index (χ1n) is 4.16. The van der Waals surface area contributed by atoms with Crippen molar-refractivity contribution in [3.63, 3.8) is 0 Å². The lowest BCUT2D eigenvalue weighted by Gasteiger charge is -2.35. The Balaban J connectivity index is 2.80. The fourth-order valence-corrected chi connectivity index (χ4v) is 4.21. The third kappa shape index (κ3) is 2.52. The molecule has 1 aliphatic heterocycles. The van der Waals surface area contributed by atoms with Crippen LogP contribution in [0.15, 0.2) is 0 Å². The second kappa shape index (κ2) is 4.38. The predicted molar refractivity (Wildman–Crippen MR) is 57.7 cm³/mol. The lowest BCUT2D eigenvalue weighted by Crippen LogP contribution is -2.48. The molecule has 1 rings (SSSR count). The minimum absolute atomic E-state index is 0.0579. The van der Waals surface area contributed by atoms with Crippen molar-refractivity contribution in [1.82, 2.24) is 4.31 Å². The number of nitrogens with zero attached hydrogens (tertiary/aromatic N) is 1. The van der Waals surface area contributed by atoms with Crippen molar-refractivity contribution in [2.75, 3.05) is 17.5 Å². The number of sulfonamides is 1. The largest absolute Gasteiger partial charge is 0.228 e. The van der Waals surface area contributed by atoms with Crippen molar-refractivity contribution in [1.29, 1.82) is 0 Å². The first-order chi connectivity index (χ1) is 5.99. The van der Waals surface area contributed by atoms with Gasteiger partial charge in [-0.25, -0.2) is 8.42 Å². The number of hydrogen-bond donors (Lipinski definition) is 0. The van der Waals surface area contributed by atoms with Gasteiger partial charge in [0.2, 0.25) is 10.0 Å². The van der Waals surface area contributed by atoms with Crippen LogP contribution in [0.2, 0.25) is 0 Å². The zero-order valence-electron chi connectivity index (χ0n) is 7.73. The summed E-state index contributed by atoms with van der Waals surface area (Å²) in [5, 5.41) is 0.0427. The average molecular weight is 244 g/mol. The summed E-state index contributed by atoms with van der Waals surface area (Å²) in [6, 6.07) is 0.0579. The quantitative estimate of drug-likeness (QED) is 0.687. The molecule has 0 aromatic carbocycles. The smallest absolute Gasteiger partial charge is 0.211 e. The SMILES string of the molecule is CC1SCCN(S(=O)(=O)CCl)C1C. The van der Waals surface area contributed by atoms with E-state index in [2.05, 4.69) is 0 Å². The molecule has 0 aliphatic carbocycles. The Morgan fingerprint density at radius 3 is 2.69 bits per heavy atom. The summed E-state index contributed by atoms with van der Waals surface area (Å²) >= 11 is 7.21. The van der Waals surface area contributed by atoms with Gasteiger partial charge >= 0.3 is 0 Å². The van der Waals surface area contributed by atoms with Crippen LogP contribution in [0, 0.1) is 0 Å². The molecule has 6 heteroatoms. The van der Waals surface area contributed by atoms with Crippen molar-refractivity contribution < 1.29 is 8.42 Å². The first-order valence-corrected chi connectivity index (χ1v) is 7.35. The molecule has 0 bridgehead atoms. The van der Waals surface area contributed by atoms with Gasteiger partial charge in [0.05, 0.1) is 0 Å². The minimum Gasteiger partial charge on any atom is -0.211 e.